The Kier molecular flexibility index (Phi) is 2.67. The molecule has 0 radical (unpaired) electrons. The van der Waals surface area contributed by atoms with Crippen molar-refractivity contribution in [3.8, 4) is 5.75 Å². The zero-order chi connectivity index (χ0) is 14.0. The molecule has 1 aliphatic carbocycles. The molecule has 0 amide bonds. The van der Waals surface area contributed by atoms with Crippen LogP contribution in [0.1, 0.15) is 32.3 Å². The Hall–Kier alpha value is -0.480. The fourth-order valence-corrected chi connectivity index (χ4v) is 8.30. The molecule has 0 unspecified atom stereocenters. The highest BCUT2D eigenvalue weighted by Crippen LogP contribution is 2.71. The number of ether oxygens (including phenoxy) is 1. The molecule has 20 heavy (non-hydrogen) atoms. The lowest BCUT2D eigenvalue weighted by atomic mass is 9.72. The van der Waals surface area contributed by atoms with Gasteiger partial charge in [0.2, 0.25) is 0 Å². The van der Waals surface area contributed by atoms with Crippen molar-refractivity contribution in [1.82, 2.24) is 0 Å². The van der Waals surface area contributed by atoms with E-state index in [9.17, 15) is 0 Å². The Morgan fingerprint density at radius 1 is 1.15 bits per heavy atom. The van der Waals surface area contributed by atoms with Crippen LogP contribution < -0.4 is 10.1 Å². The van der Waals surface area contributed by atoms with Crippen LogP contribution in [0.15, 0.2) is 18.2 Å². The predicted molar refractivity (Wildman–Crippen MR) is 89.3 cm³/mol. The zero-order valence-corrected chi connectivity index (χ0v) is 13.9. The van der Waals surface area contributed by atoms with Crippen LogP contribution in [0.3, 0.4) is 0 Å². The van der Waals surface area contributed by atoms with Gasteiger partial charge in [0.05, 0.1) is 11.2 Å². The molecular weight excluding hydrogens is 286 g/mol. The van der Waals surface area contributed by atoms with Gasteiger partial charge >= 0.3 is 0 Å². The standard InChI is InChI=1S/C16H21NOS2/c1-14-6-7-16(19-8-9-20-16)15(14,2)12-5-4-11(18-3)10-13(12)17-14/h4-5,10,17H,6-9H2,1-3H3/t14-,15+/m1/s1. The quantitative estimate of drug-likeness (QED) is 0.842. The van der Waals surface area contributed by atoms with Gasteiger partial charge in [0.25, 0.3) is 0 Å². The van der Waals surface area contributed by atoms with Crippen molar-refractivity contribution in [3.05, 3.63) is 23.8 Å². The van der Waals surface area contributed by atoms with E-state index in [0.29, 0.717) is 4.08 Å². The smallest absolute Gasteiger partial charge is 0.120 e. The molecule has 1 aromatic rings. The van der Waals surface area contributed by atoms with E-state index in [1.54, 1.807) is 7.11 Å². The van der Waals surface area contributed by atoms with Gasteiger partial charge in [-0.2, -0.15) is 0 Å². The summed E-state index contributed by atoms with van der Waals surface area (Å²) in [6.07, 6.45) is 2.56. The van der Waals surface area contributed by atoms with Gasteiger partial charge in [0, 0.05) is 34.2 Å². The maximum absolute atomic E-state index is 5.39. The summed E-state index contributed by atoms with van der Waals surface area (Å²) in [5.41, 5.74) is 3.14. The first-order valence-electron chi connectivity index (χ1n) is 7.29. The van der Waals surface area contributed by atoms with E-state index in [1.165, 1.54) is 35.6 Å². The molecule has 4 heteroatoms. The minimum Gasteiger partial charge on any atom is -0.497 e. The summed E-state index contributed by atoms with van der Waals surface area (Å²) in [4.78, 5) is 0. The third-order valence-corrected chi connectivity index (χ3v) is 9.69. The SMILES string of the molecule is COc1ccc2c(c1)N[C@]1(C)CCC3(SCCS3)[C@@]21C. The molecule has 3 aliphatic rings. The second kappa shape index (κ2) is 4.04. The van der Waals surface area contributed by atoms with Crippen LogP contribution in [0.4, 0.5) is 5.69 Å². The van der Waals surface area contributed by atoms with Crippen LogP contribution >= 0.6 is 23.5 Å². The molecule has 4 rings (SSSR count). The molecule has 2 heterocycles. The molecule has 1 saturated heterocycles. The van der Waals surface area contributed by atoms with E-state index in [4.69, 9.17) is 4.74 Å². The van der Waals surface area contributed by atoms with Gasteiger partial charge in [-0.1, -0.05) is 13.0 Å². The summed E-state index contributed by atoms with van der Waals surface area (Å²) < 4.78 is 5.75. The number of fused-ring (bicyclic) bond motifs is 4. The maximum Gasteiger partial charge on any atom is 0.120 e. The number of rotatable bonds is 1. The topological polar surface area (TPSA) is 21.3 Å². The molecule has 1 spiro atoms. The summed E-state index contributed by atoms with van der Waals surface area (Å²) >= 11 is 4.38. The highest BCUT2D eigenvalue weighted by Gasteiger charge is 2.68. The van der Waals surface area contributed by atoms with Crippen molar-refractivity contribution in [3.63, 3.8) is 0 Å². The third-order valence-electron chi connectivity index (χ3n) is 5.75. The van der Waals surface area contributed by atoms with Gasteiger partial charge in [0.15, 0.2) is 0 Å². The monoisotopic (exact) mass is 307 g/mol. The molecule has 1 aromatic carbocycles. The number of hydrogen-bond donors (Lipinski definition) is 1. The van der Waals surface area contributed by atoms with Crippen LogP contribution in [0.5, 0.6) is 5.75 Å². The number of thioether (sulfide) groups is 2. The molecular formula is C16H21NOS2. The van der Waals surface area contributed by atoms with Gasteiger partial charge < -0.3 is 10.1 Å². The molecule has 2 aliphatic heterocycles. The Morgan fingerprint density at radius 3 is 2.60 bits per heavy atom. The van der Waals surface area contributed by atoms with Gasteiger partial charge in [-0.3, -0.25) is 0 Å². The van der Waals surface area contributed by atoms with E-state index in [0.717, 1.165) is 5.75 Å². The molecule has 2 fully saturated rings. The van der Waals surface area contributed by atoms with Crippen molar-refractivity contribution in [2.75, 3.05) is 23.9 Å². The van der Waals surface area contributed by atoms with E-state index >= 15 is 0 Å². The third kappa shape index (κ3) is 1.35. The maximum atomic E-state index is 5.39. The first-order chi connectivity index (χ1) is 9.55. The number of hydrogen-bond acceptors (Lipinski definition) is 4. The Balaban J connectivity index is 1.90. The van der Waals surface area contributed by atoms with Crippen LogP contribution in [-0.4, -0.2) is 28.2 Å². The summed E-state index contributed by atoms with van der Waals surface area (Å²) in [6, 6.07) is 6.58. The van der Waals surface area contributed by atoms with Crippen molar-refractivity contribution in [2.45, 2.75) is 41.7 Å². The molecule has 108 valence electrons. The fourth-order valence-electron chi connectivity index (χ4n) is 4.40. The van der Waals surface area contributed by atoms with Crippen molar-refractivity contribution in [1.29, 1.82) is 0 Å². The molecule has 0 bridgehead atoms. The molecule has 2 atom stereocenters. The van der Waals surface area contributed by atoms with Crippen molar-refractivity contribution >= 4 is 29.2 Å². The lowest BCUT2D eigenvalue weighted by Crippen LogP contribution is -2.51. The van der Waals surface area contributed by atoms with Gasteiger partial charge in [-0.15, -0.1) is 23.5 Å². The highest BCUT2D eigenvalue weighted by atomic mass is 32.2. The first-order valence-corrected chi connectivity index (χ1v) is 9.26. The van der Waals surface area contributed by atoms with Crippen molar-refractivity contribution < 1.29 is 4.74 Å². The summed E-state index contributed by atoms with van der Waals surface area (Å²) in [5, 5.41) is 3.83. The predicted octanol–water partition coefficient (Wildman–Crippen LogP) is 4.11. The molecule has 1 N–H and O–H groups in total. The Bertz CT molecular complexity index is 570. The number of anilines is 1. The average molecular weight is 307 g/mol. The first kappa shape index (κ1) is 13.2. The largest absolute Gasteiger partial charge is 0.497 e. The molecule has 2 nitrogen and oxygen atoms in total. The minimum atomic E-state index is 0.173. The second-order valence-corrected chi connectivity index (χ2v) is 9.49. The summed E-state index contributed by atoms with van der Waals surface area (Å²) in [5.74, 6) is 3.54. The Morgan fingerprint density at radius 2 is 1.90 bits per heavy atom. The van der Waals surface area contributed by atoms with Crippen LogP contribution in [0, 0.1) is 0 Å². The van der Waals surface area contributed by atoms with E-state index in [-0.39, 0.29) is 11.0 Å². The van der Waals surface area contributed by atoms with E-state index in [1.807, 2.05) is 0 Å². The van der Waals surface area contributed by atoms with Gasteiger partial charge in [0.1, 0.15) is 5.75 Å². The van der Waals surface area contributed by atoms with E-state index in [2.05, 4.69) is 60.9 Å². The number of nitrogens with one attached hydrogen (secondary N) is 1. The zero-order valence-electron chi connectivity index (χ0n) is 12.3. The second-order valence-electron chi connectivity index (χ2n) is 6.44. The molecule has 0 aromatic heterocycles. The Labute approximate surface area is 129 Å². The lowest BCUT2D eigenvalue weighted by Gasteiger charge is -2.44. The highest BCUT2D eigenvalue weighted by molar-refractivity contribution is 8.21. The average Bonchev–Trinajstić information content (AvgIpc) is 3.06. The normalized spacial score (nSPS) is 36.8. The van der Waals surface area contributed by atoms with Crippen LogP contribution in [0.25, 0.3) is 0 Å². The van der Waals surface area contributed by atoms with Gasteiger partial charge in [-0.05, 0) is 31.4 Å². The number of methoxy groups -OCH3 is 1. The minimum absolute atomic E-state index is 0.173. The summed E-state index contributed by atoms with van der Waals surface area (Å²) in [7, 11) is 1.74. The summed E-state index contributed by atoms with van der Waals surface area (Å²) in [6.45, 7) is 4.89. The van der Waals surface area contributed by atoms with Crippen molar-refractivity contribution in [2.24, 2.45) is 0 Å². The van der Waals surface area contributed by atoms with Gasteiger partial charge in [-0.25, -0.2) is 0 Å². The molecule has 1 saturated carbocycles. The van der Waals surface area contributed by atoms with Crippen LogP contribution in [0.2, 0.25) is 0 Å². The van der Waals surface area contributed by atoms with E-state index < -0.39 is 0 Å². The fraction of sp³-hybridized carbons (Fsp3) is 0.625. The lowest BCUT2D eigenvalue weighted by molar-refractivity contribution is 0.354. The van der Waals surface area contributed by atoms with Crippen LogP contribution in [-0.2, 0) is 5.41 Å². The number of benzene rings is 1.